The normalized spacial score (nSPS) is 12.6. The zero-order chi connectivity index (χ0) is 12.1. The van der Waals surface area contributed by atoms with E-state index < -0.39 is 11.9 Å². The average molecular weight is 228 g/mol. The van der Waals surface area contributed by atoms with Crippen molar-refractivity contribution in [3.05, 3.63) is 29.1 Å². The smallest absolute Gasteiger partial charge is 0.165 e. The summed E-state index contributed by atoms with van der Waals surface area (Å²) in [4.78, 5) is 0. The van der Waals surface area contributed by atoms with Crippen LogP contribution in [0.1, 0.15) is 18.1 Å². The van der Waals surface area contributed by atoms with Gasteiger partial charge in [0.05, 0.1) is 19.8 Å². The number of rotatable bonds is 5. The minimum atomic E-state index is -0.511. The highest BCUT2D eigenvalue weighted by Crippen LogP contribution is 2.23. The van der Waals surface area contributed by atoms with E-state index >= 15 is 0 Å². The predicted octanol–water partition coefficient (Wildman–Crippen LogP) is 1.90. The molecule has 0 saturated heterocycles. The maximum atomic E-state index is 13.5. The first-order chi connectivity index (χ1) is 7.58. The van der Waals surface area contributed by atoms with E-state index in [0.717, 1.165) is 11.1 Å². The third kappa shape index (κ3) is 3.18. The fraction of sp³-hybridized carbons (Fsp3) is 0.500. The van der Waals surface area contributed by atoms with Crippen molar-refractivity contribution in [1.82, 2.24) is 0 Å². The Kier molecular flexibility index (Phi) is 4.71. The Hall–Kier alpha value is -1.13. The van der Waals surface area contributed by atoms with Crippen LogP contribution in [0.3, 0.4) is 0 Å². The largest absolute Gasteiger partial charge is 0.494 e. The van der Waals surface area contributed by atoms with Gasteiger partial charge in [0, 0.05) is 7.11 Å². The lowest BCUT2D eigenvalue weighted by atomic mass is 10.0. The first-order valence-electron chi connectivity index (χ1n) is 5.10. The van der Waals surface area contributed by atoms with E-state index in [-0.39, 0.29) is 5.75 Å². The molecule has 1 unspecified atom stereocenters. The molecule has 1 N–H and O–H groups in total. The second kappa shape index (κ2) is 5.82. The Morgan fingerprint density at radius 1 is 1.31 bits per heavy atom. The van der Waals surface area contributed by atoms with Crippen LogP contribution < -0.4 is 4.74 Å². The third-order valence-corrected chi connectivity index (χ3v) is 2.29. The van der Waals surface area contributed by atoms with Gasteiger partial charge in [0.2, 0.25) is 0 Å². The molecule has 0 radical (unpaired) electrons. The molecule has 3 nitrogen and oxygen atoms in total. The Labute approximate surface area is 94.8 Å². The van der Waals surface area contributed by atoms with Gasteiger partial charge in [0.15, 0.2) is 11.6 Å². The van der Waals surface area contributed by atoms with E-state index in [2.05, 4.69) is 0 Å². The van der Waals surface area contributed by atoms with Gasteiger partial charge in [-0.3, -0.25) is 0 Å². The fourth-order valence-corrected chi connectivity index (χ4v) is 1.59. The molecule has 0 bridgehead atoms. The summed E-state index contributed by atoms with van der Waals surface area (Å²) in [5.74, 6) is -0.223. The molecule has 0 amide bonds. The van der Waals surface area contributed by atoms with Gasteiger partial charge in [0.1, 0.15) is 0 Å². The molecular formula is C12H17FO3. The fourth-order valence-electron chi connectivity index (χ4n) is 1.59. The first-order valence-corrected chi connectivity index (χ1v) is 5.10. The first kappa shape index (κ1) is 12.9. The highest BCUT2D eigenvalue weighted by Gasteiger charge is 2.11. The van der Waals surface area contributed by atoms with Gasteiger partial charge in [-0.25, -0.2) is 4.39 Å². The van der Waals surface area contributed by atoms with Gasteiger partial charge >= 0.3 is 0 Å². The molecule has 0 aliphatic carbocycles. The van der Waals surface area contributed by atoms with Crippen LogP contribution in [0.2, 0.25) is 0 Å². The molecule has 1 rings (SSSR count). The van der Waals surface area contributed by atoms with Crippen LogP contribution in [0.25, 0.3) is 0 Å². The van der Waals surface area contributed by atoms with Crippen molar-refractivity contribution in [2.75, 3.05) is 14.2 Å². The molecular weight excluding hydrogens is 211 g/mol. The molecule has 1 aromatic carbocycles. The van der Waals surface area contributed by atoms with Crippen molar-refractivity contribution >= 4 is 0 Å². The topological polar surface area (TPSA) is 38.7 Å². The number of halogens is 1. The number of ether oxygens (including phenoxy) is 2. The lowest BCUT2D eigenvalue weighted by Crippen LogP contribution is -2.08. The third-order valence-electron chi connectivity index (χ3n) is 2.29. The van der Waals surface area contributed by atoms with Crippen molar-refractivity contribution in [2.45, 2.75) is 26.1 Å². The quantitative estimate of drug-likeness (QED) is 0.836. The summed E-state index contributed by atoms with van der Waals surface area (Å²) in [6.07, 6.45) is -0.108. The zero-order valence-electron chi connectivity index (χ0n) is 9.79. The van der Waals surface area contributed by atoms with Crippen LogP contribution in [-0.2, 0) is 17.8 Å². The number of aliphatic hydroxyl groups excluding tert-OH is 1. The average Bonchev–Trinajstić information content (AvgIpc) is 2.21. The van der Waals surface area contributed by atoms with Crippen molar-refractivity contribution in [3.63, 3.8) is 0 Å². The van der Waals surface area contributed by atoms with E-state index in [0.29, 0.717) is 13.0 Å². The molecule has 1 atom stereocenters. The number of hydrogen-bond acceptors (Lipinski definition) is 3. The number of hydrogen-bond donors (Lipinski definition) is 1. The lowest BCUT2D eigenvalue weighted by Gasteiger charge is -2.13. The van der Waals surface area contributed by atoms with Crippen molar-refractivity contribution in [3.8, 4) is 5.75 Å². The van der Waals surface area contributed by atoms with E-state index in [1.165, 1.54) is 13.2 Å². The zero-order valence-corrected chi connectivity index (χ0v) is 9.79. The van der Waals surface area contributed by atoms with Crippen LogP contribution >= 0.6 is 0 Å². The van der Waals surface area contributed by atoms with Crippen LogP contribution in [0.15, 0.2) is 12.1 Å². The SMILES string of the molecule is COCc1cc(OC)c(F)cc1CC(C)O. The summed E-state index contributed by atoms with van der Waals surface area (Å²) < 4.78 is 23.4. The minimum absolute atomic E-state index is 0.196. The maximum Gasteiger partial charge on any atom is 0.165 e. The second-order valence-corrected chi connectivity index (χ2v) is 3.74. The molecule has 1 aromatic rings. The van der Waals surface area contributed by atoms with Crippen molar-refractivity contribution in [1.29, 1.82) is 0 Å². The van der Waals surface area contributed by atoms with Crippen LogP contribution in [-0.4, -0.2) is 25.4 Å². The van der Waals surface area contributed by atoms with E-state index in [9.17, 15) is 9.50 Å². The van der Waals surface area contributed by atoms with Crippen molar-refractivity contribution in [2.24, 2.45) is 0 Å². The standard InChI is InChI=1S/C12H17FO3/c1-8(14)4-9-5-11(13)12(16-3)6-10(9)7-15-2/h5-6,8,14H,4,7H2,1-3H3. The van der Waals surface area contributed by atoms with E-state index in [1.807, 2.05) is 0 Å². The minimum Gasteiger partial charge on any atom is -0.494 e. The van der Waals surface area contributed by atoms with Gasteiger partial charge in [-0.05, 0) is 36.6 Å². The molecule has 0 heterocycles. The molecule has 0 aromatic heterocycles. The van der Waals surface area contributed by atoms with Crippen molar-refractivity contribution < 1.29 is 19.0 Å². The van der Waals surface area contributed by atoms with E-state index in [1.54, 1.807) is 20.1 Å². The molecule has 0 saturated carbocycles. The van der Waals surface area contributed by atoms with Gasteiger partial charge in [0.25, 0.3) is 0 Å². The second-order valence-electron chi connectivity index (χ2n) is 3.74. The highest BCUT2D eigenvalue weighted by atomic mass is 19.1. The molecule has 4 heteroatoms. The molecule has 0 aliphatic rings. The predicted molar refractivity (Wildman–Crippen MR) is 59.0 cm³/mol. The summed E-state index contributed by atoms with van der Waals surface area (Å²) in [6, 6.07) is 3.00. The number of methoxy groups -OCH3 is 2. The molecule has 0 spiro atoms. The summed E-state index contributed by atoms with van der Waals surface area (Å²) in [5, 5.41) is 9.32. The molecule has 0 fully saturated rings. The monoisotopic (exact) mass is 228 g/mol. The Morgan fingerprint density at radius 3 is 2.50 bits per heavy atom. The van der Waals surface area contributed by atoms with Crippen LogP contribution in [0.5, 0.6) is 5.75 Å². The van der Waals surface area contributed by atoms with Gasteiger partial charge < -0.3 is 14.6 Å². The summed E-state index contributed by atoms with van der Waals surface area (Å²) >= 11 is 0. The Morgan fingerprint density at radius 2 is 2.00 bits per heavy atom. The molecule has 90 valence electrons. The maximum absolute atomic E-state index is 13.5. The highest BCUT2D eigenvalue weighted by molar-refractivity contribution is 5.37. The number of aliphatic hydroxyl groups is 1. The summed E-state index contributed by atoms with van der Waals surface area (Å²) in [5.41, 5.74) is 1.58. The lowest BCUT2D eigenvalue weighted by molar-refractivity contribution is 0.178. The molecule has 0 aliphatic heterocycles. The van der Waals surface area contributed by atoms with E-state index in [4.69, 9.17) is 9.47 Å². The molecule has 16 heavy (non-hydrogen) atoms. The van der Waals surface area contributed by atoms with Gasteiger partial charge in [-0.2, -0.15) is 0 Å². The summed E-state index contributed by atoms with van der Waals surface area (Å²) in [7, 11) is 2.99. The Balaban J connectivity index is 3.08. The number of benzene rings is 1. The van der Waals surface area contributed by atoms with Gasteiger partial charge in [-0.15, -0.1) is 0 Å². The Bertz CT molecular complexity index is 350. The van der Waals surface area contributed by atoms with Crippen LogP contribution in [0.4, 0.5) is 4.39 Å². The summed E-state index contributed by atoms with van der Waals surface area (Å²) in [6.45, 7) is 2.04. The van der Waals surface area contributed by atoms with Gasteiger partial charge in [-0.1, -0.05) is 0 Å². The van der Waals surface area contributed by atoms with Crippen LogP contribution in [0, 0.1) is 5.82 Å².